The van der Waals surface area contributed by atoms with Gasteiger partial charge >= 0.3 is 14.1 Å². The highest BCUT2D eigenvalue weighted by molar-refractivity contribution is 6.80. The molecule has 0 heterocycles. The number of hydrogen-bond donors (Lipinski definition) is 0. The lowest BCUT2D eigenvalue weighted by Crippen LogP contribution is -2.63. The molecule has 0 N–H and O–H groups in total. The van der Waals surface area contributed by atoms with Crippen molar-refractivity contribution in [2.45, 2.75) is 28.8 Å². The molecule has 2 atom stereocenters. The molecule has 0 amide bonds. The van der Waals surface area contributed by atoms with Crippen molar-refractivity contribution in [3.63, 3.8) is 0 Å². The molecule has 3 rings (SSSR count). The molecule has 0 spiro atoms. The lowest BCUT2D eigenvalue weighted by Gasteiger charge is -2.38. The minimum absolute atomic E-state index is 0.108. The monoisotopic (exact) mass is 384 g/mol. The molecule has 0 bridgehead atoms. The molecule has 26 heavy (non-hydrogen) atoms. The van der Waals surface area contributed by atoms with Gasteiger partial charge in [-0.15, -0.1) is 0 Å². The van der Waals surface area contributed by atoms with Gasteiger partial charge in [0.1, 0.15) is 23.3 Å². The van der Waals surface area contributed by atoms with Gasteiger partial charge in [0.25, 0.3) is 0 Å². The molecule has 0 aliphatic heterocycles. The molecule has 7 heteroatoms. The topological polar surface area (TPSA) is 0 Å². The third-order valence-electron chi connectivity index (χ3n) is 4.80. The van der Waals surface area contributed by atoms with Gasteiger partial charge in [0.05, 0.1) is 9.06 Å². The number of rotatable bonds is 3. The van der Waals surface area contributed by atoms with Crippen molar-refractivity contribution >= 4 is 18.6 Å². The molecule has 1 aromatic carbocycles. The van der Waals surface area contributed by atoms with E-state index in [1.165, 1.54) is 6.92 Å². The standard InChI is InChI=1S/C7H5F2.2C6H5F2.Al/c1-5-2-3-6(8)4-7(5)9;2*7-5-2-1-3-6(8)4-5;/h3-4H,1H3;2*1-3H,4H2;. The van der Waals surface area contributed by atoms with Crippen molar-refractivity contribution in [2.24, 2.45) is 0 Å². The third-order valence-corrected chi connectivity index (χ3v) is 8.73. The summed E-state index contributed by atoms with van der Waals surface area (Å²) in [5.74, 6) is -3.54. The van der Waals surface area contributed by atoms with Gasteiger partial charge in [0.15, 0.2) is 0 Å². The fourth-order valence-electron chi connectivity index (χ4n) is 3.66. The minimum Gasteiger partial charge on any atom is -0.256 e. The van der Waals surface area contributed by atoms with Gasteiger partial charge in [-0.25, -0.2) is 17.6 Å². The average molecular weight is 384 g/mol. The van der Waals surface area contributed by atoms with Crippen molar-refractivity contribution in [1.82, 2.24) is 0 Å². The van der Waals surface area contributed by atoms with Crippen LogP contribution in [-0.2, 0) is 0 Å². The van der Waals surface area contributed by atoms with Gasteiger partial charge in [-0.3, -0.25) is 8.78 Å². The summed E-state index contributed by atoms with van der Waals surface area (Å²) in [6.45, 7) is 1.29. The molecular formula is C19H15AlF6. The molecule has 2 aliphatic carbocycles. The van der Waals surface area contributed by atoms with Gasteiger partial charge in [-0.05, 0) is 30.7 Å². The van der Waals surface area contributed by atoms with Gasteiger partial charge in [0, 0.05) is 18.9 Å². The van der Waals surface area contributed by atoms with Crippen molar-refractivity contribution in [1.29, 1.82) is 0 Å². The Bertz CT molecular complexity index is 814. The van der Waals surface area contributed by atoms with E-state index >= 15 is 8.78 Å². The Labute approximate surface area is 151 Å². The van der Waals surface area contributed by atoms with E-state index < -0.39 is 59.3 Å². The highest BCUT2D eigenvalue weighted by Gasteiger charge is 2.59. The Morgan fingerprint density at radius 2 is 1.35 bits per heavy atom. The Kier molecular flexibility index (Phi) is 4.98. The molecule has 1 aromatic rings. The van der Waals surface area contributed by atoms with Crippen LogP contribution in [0.2, 0.25) is 0 Å². The predicted molar refractivity (Wildman–Crippen MR) is 90.1 cm³/mol. The van der Waals surface area contributed by atoms with E-state index in [-0.39, 0.29) is 9.99 Å². The molecule has 136 valence electrons. The van der Waals surface area contributed by atoms with Crippen molar-refractivity contribution in [3.8, 4) is 0 Å². The van der Waals surface area contributed by atoms with Crippen LogP contribution in [0.3, 0.4) is 0 Å². The number of allylic oxidation sites excluding steroid dienone is 8. The Balaban J connectivity index is 2.22. The van der Waals surface area contributed by atoms with E-state index in [0.29, 0.717) is 6.07 Å². The molecule has 0 aromatic heterocycles. The second-order valence-electron chi connectivity index (χ2n) is 6.69. The van der Waals surface area contributed by atoms with Crippen LogP contribution >= 0.6 is 0 Å². The van der Waals surface area contributed by atoms with Gasteiger partial charge in [-0.2, -0.15) is 0 Å². The minimum atomic E-state index is -3.71. The van der Waals surface area contributed by atoms with Crippen LogP contribution in [-0.4, -0.2) is 23.2 Å². The van der Waals surface area contributed by atoms with E-state index in [1.54, 1.807) is 0 Å². The predicted octanol–water partition coefficient (Wildman–Crippen LogP) is 5.10. The Morgan fingerprint density at radius 1 is 0.846 bits per heavy atom. The Hall–Kier alpha value is -1.71. The first-order valence-corrected chi connectivity index (χ1v) is 9.79. The first kappa shape index (κ1) is 19.1. The van der Waals surface area contributed by atoms with Crippen LogP contribution < -0.4 is 4.43 Å². The molecule has 2 unspecified atom stereocenters. The SMILES string of the molecule is Cc1c(F)cc(F)c[c]1[Al]([C]1(F)C=CC=C(F)C1)[C]1(F)C=CC=C(F)C1. The van der Waals surface area contributed by atoms with Crippen LogP contribution in [0.1, 0.15) is 18.4 Å². The summed E-state index contributed by atoms with van der Waals surface area (Å²) in [6.07, 6.45) is 4.86. The summed E-state index contributed by atoms with van der Waals surface area (Å²) in [5, 5.41) is 0. The maximum absolute atomic E-state index is 15.8. The van der Waals surface area contributed by atoms with Crippen LogP contribution in [0.4, 0.5) is 26.3 Å². The quantitative estimate of drug-likeness (QED) is 0.503. The summed E-state index contributed by atoms with van der Waals surface area (Å²) in [6, 6.07) is 1.50. The van der Waals surface area contributed by atoms with Crippen molar-refractivity contribution < 1.29 is 26.3 Å². The number of halogens is 6. The summed E-state index contributed by atoms with van der Waals surface area (Å²) in [7, 11) is 0. The first-order valence-electron chi connectivity index (χ1n) is 8.06. The molecule has 0 nitrogen and oxygen atoms in total. The second-order valence-corrected chi connectivity index (χ2v) is 10.1. The maximum Gasteiger partial charge on any atom is 0.425 e. The van der Waals surface area contributed by atoms with Crippen LogP contribution in [0.15, 0.2) is 60.2 Å². The van der Waals surface area contributed by atoms with E-state index in [2.05, 4.69) is 0 Å². The van der Waals surface area contributed by atoms with E-state index in [0.717, 1.165) is 42.5 Å². The van der Waals surface area contributed by atoms with E-state index in [4.69, 9.17) is 0 Å². The van der Waals surface area contributed by atoms with E-state index in [9.17, 15) is 17.6 Å². The molecule has 0 radical (unpaired) electrons. The molecule has 2 aliphatic rings. The number of benzene rings is 1. The second kappa shape index (κ2) is 6.79. The van der Waals surface area contributed by atoms with Crippen LogP contribution in [0.25, 0.3) is 0 Å². The van der Waals surface area contributed by atoms with Crippen molar-refractivity contribution in [3.05, 3.63) is 77.4 Å². The average Bonchev–Trinajstić information content (AvgIpc) is 2.51. The molecule has 0 saturated carbocycles. The zero-order chi connectivity index (χ0) is 19.1. The summed E-state index contributed by atoms with van der Waals surface area (Å²) < 4.78 is 82.0. The molecule has 0 fully saturated rings. The van der Waals surface area contributed by atoms with Gasteiger partial charge in [-0.1, -0.05) is 28.7 Å². The largest absolute Gasteiger partial charge is 0.425 e. The first-order chi connectivity index (χ1) is 12.1. The van der Waals surface area contributed by atoms with Crippen molar-refractivity contribution in [2.75, 3.05) is 0 Å². The number of hydrogen-bond acceptors (Lipinski definition) is 0. The van der Waals surface area contributed by atoms with Crippen LogP contribution in [0, 0.1) is 18.6 Å². The lowest BCUT2D eigenvalue weighted by molar-refractivity contribution is 0.258. The van der Waals surface area contributed by atoms with E-state index in [1.807, 2.05) is 0 Å². The van der Waals surface area contributed by atoms with Gasteiger partial charge in [0.2, 0.25) is 0 Å². The Morgan fingerprint density at radius 3 is 1.81 bits per heavy atom. The van der Waals surface area contributed by atoms with Crippen LogP contribution in [0.5, 0.6) is 0 Å². The number of alkyl halides is 2. The lowest BCUT2D eigenvalue weighted by atomic mass is 10.1. The summed E-state index contributed by atoms with van der Waals surface area (Å²) in [4.78, 5) is 0. The highest BCUT2D eigenvalue weighted by Crippen LogP contribution is 2.41. The summed E-state index contributed by atoms with van der Waals surface area (Å²) in [5.41, 5.74) is -0.108. The smallest absolute Gasteiger partial charge is 0.256 e. The highest BCUT2D eigenvalue weighted by atomic mass is 27.2. The summed E-state index contributed by atoms with van der Waals surface area (Å²) >= 11 is -3.71. The maximum atomic E-state index is 15.8. The fraction of sp³-hybridized carbons (Fsp3) is 0.263. The zero-order valence-electron chi connectivity index (χ0n) is 13.9. The molecular weight excluding hydrogens is 369 g/mol. The fourth-order valence-corrected chi connectivity index (χ4v) is 7.79. The zero-order valence-corrected chi connectivity index (χ0v) is 15.0. The normalized spacial score (nSPS) is 28.0. The van der Waals surface area contributed by atoms with Gasteiger partial charge < -0.3 is 0 Å². The third kappa shape index (κ3) is 3.43. The molecule has 0 saturated heterocycles.